The number of carbonyl (C=O) groups is 2. The van der Waals surface area contributed by atoms with Gasteiger partial charge in [0.25, 0.3) is 0 Å². The highest BCUT2D eigenvalue weighted by molar-refractivity contribution is 5.82. The van der Waals surface area contributed by atoms with E-state index in [1.165, 1.54) is 0 Å². The van der Waals surface area contributed by atoms with Crippen LogP contribution < -0.4 is 10.6 Å². The number of hydrogen-bond acceptors (Lipinski definition) is 4. The van der Waals surface area contributed by atoms with Crippen molar-refractivity contribution in [3.63, 3.8) is 0 Å². The molecule has 0 aromatic carbocycles. The van der Waals surface area contributed by atoms with Crippen LogP contribution in [0.2, 0.25) is 0 Å². The Morgan fingerprint density at radius 2 is 1.89 bits per heavy atom. The van der Waals surface area contributed by atoms with Crippen LogP contribution in [0, 0.1) is 0 Å². The van der Waals surface area contributed by atoms with E-state index in [2.05, 4.69) is 29.4 Å². The molecular formula is C12H25N3O4. The fourth-order valence-electron chi connectivity index (χ4n) is 1.34. The van der Waals surface area contributed by atoms with Crippen LogP contribution in [0.25, 0.3) is 0 Å². The lowest BCUT2D eigenvalue weighted by atomic mass is 10.2. The van der Waals surface area contributed by atoms with Crippen molar-refractivity contribution in [2.75, 3.05) is 26.7 Å². The molecule has 0 aliphatic heterocycles. The van der Waals surface area contributed by atoms with Crippen molar-refractivity contribution in [3.8, 4) is 0 Å². The summed E-state index contributed by atoms with van der Waals surface area (Å²) < 4.78 is 0. The summed E-state index contributed by atoms with van der Waals surface area (Å²) in [7, 11) is 2.05. The van der Waals surface area contributed by atoms with Crippen LogP contribution in [0.4, 0.5) is 4.79 Å². The Morgan fingerprint density at radius 1 is 1.26 bits per heavy atom. The van der Waals surface area contributed by atoms with Crippen LogP contribution in [0.3, 0.4) is 0 Å². The third-order valence-electron chi connectivity index (χ3n) is 2.89. The maximum Gasteiger partial charge on any atom is 0.328 e. The highest BCUT2D eigenvalue weighted by Crippen LogP contribution is 1.97. The van der Waals surface area contributed by atoms with Crippen molar-refractivity contribution in [1.29, 1.82) is 0 Å². The molecule has 0 rings (SSSR count). The van der Waals surface area contributed by atoms with Gasteiger partial charge in [-0.25, -0.2) is 9.59 Å². The predicted molar refractivity (Wildman–Crippen MR) is 72.0 cm³/mol. The van der Waals surface area contributed by atoms with Crippen molar-refractivity contribution in [2.45, 2.75) is 38.8 Å². The molecule has 0 unspecified atom stereocenters. The number of nitrogens with zero attached hydrogens (tertiary/aromatic N) is 1. The normalized spacial score (nSPS) is 12.5. The Labute approximate surface area is 114 Å². The average Bonchev–Trinajstić information content (AvgIpc) is 2.34. The minimum atomic E-state index is -1.26. The first-order valence-corrected chi connectivity index (χ1v) is 6.46. The molecule has 7 heteroatoms. The number of aliphatic carboxylic acids is 1. The summed E-state index contributed by atoms with van der Waals surface area (Å²) in [5, 5.41) is 22.1. The number of aliphatic hydroxyl groups is 1. The van der Waals surface area contributed by atoms with Gasteiger partial charge in [0.15, 0.2) is 6.04 Å². The lowest BCUT2D eigenvalue weighted by Crippen LogP contribution is -2.48. The van der Waals surface area contributed by atoms with E-state index in [0.717, 1.165) is 19.4 Å². The summed E-state index contributed by atoms with van der Waals surface area (Å²) in [6.07, 6.45) is 1.78. The lowest BCUT2D eigenvalue weighted by molar-refractivity contribution is -0.140. The van der Waals surface area contributed by atoms with Crippen LogP contribution in [0.15, 0.2) is 0 Å². The molecule has 0 saturated carbocycles. The number of amides is 2. The minimum Gasteiger partial charge on any atom is -0.480 e. The maximum absolute atomic E-state index is 11.3. The van der Waals surface area contributed by atoms with Gasteiger partial charge in [0, 0.05) is 12.6 Å². The molecule has 1 atom stereocenters. The van der Waals surface area contributed by atoms with E-state index in [4.69, 9.17) is 10.2 Å². The average molecular weight is 275 g/mol. The summed E-state index contributed by atoms with van der Waals surface area (Å²) in [6.45, 7) is 5.05. The van der Waals surface area contributed by atoms with E-state index < -0.39 is 24.6 Å². The van der Waals surface area contributed by atoms with E-state index in [-0.39, 0.29) is 0 Å². The van der Waals surface area contributed by atoms with Gasteiger partial charge in [0.1, 0.15) is 0 Å². The number of nitrogens with one attached hydrogen (secondary N) is 2. The molecule has 112 valence electrons. The summed E-state index contributed by atoms with van der Waals surface area (Å²) >= 11 is 0. The number of carboxylic acid groups (broad SMARTS) is 1. The number of carboxylic acids is 1. The zero-order valence-corrected chi connectivity index (χ0v) is 11.8. The van der Waals surface area contributed by atoms with Crippen LogP contribution >= 0.6 is 0 Å². The van der Waals surface area contributed by atoms with Gasteiger partial charge in [-0.15, -0.1) is 0 Å². The first-order chi connectivity index (χ1) is 8.88. The SMILES string of the molecule is CC(C)N(C)CCCCNC(=O)N[C@H](CO)C(=O)O. The van der Waals surface area contributed by atoms with E-state index in [0.29, 0.717) is 12.6 Å². The molecule has 0 spiro atoms. The topological polar surface area (TPSA) is 102 Å². The molecule has 4 N–H and O–H groups in total. The quantitative estimate of drug-likeness (QED) is 0.438. The van der Waals surface area contributed by atoms with Crippen molar-refractivity contribution < 1.29 is 19.8 Å². The van der Waals surface area contributed by atoms with Gasteiger partial charge < -0.3 is 25.7 Å². The summed E-state index contributed by atoms with van der Waals surface area (Å²) in [5.74, 6) is -1.25. The van der Waals surface area contributed by atoms with Crippen LogP contribution in [0.1, 0.15) is 26.7 Å². The van der Waals surface area contributed by atoms with Gasteiger partial charge in [-0.3, -0.25) is 0 Å². The van der Waals surface area contributed by atoms with Gasteiger partial charge in [0.05, 0.1) is 6.61 Å². The predicted octanol–water partition coefficient (Wildman–Crippen LogP) is -0.148. The molecule has 2 amide bonds. The third kappa shape index (κ3) is 8.39. The van der Waals surface area contributed by atoms with Gasteiger partial charge in [0.2, 0.25) is 0 Å². The second-order valence-electron chi connectivity index (χ2n) is 4.76. The number of carbonyl (C=O) groups excluding carboxylic acids is 1. The fourth-order valence-corrected chi connectivity index (χ4v) is 1.34. The molecule has 19 heavy (non-hydrogen) atoms. The van der Waals surface area contributed by atoms with Crippen LogP contribution in [-0.2, 0) is 4.79 Å². The van der Waals surface area contributed by atoms with E-state index in [1.807, 2.05) is 7.05 Å². The van der Waals surface area contributed by atoms with Crippen molar-refractivity contribution >= 4 is 12.0 Å². The van der Waals surface area contributed by atoms with Crippen molar-refractivity contribution in [3.05, 3.63) is 0 Å². The van der Waals surface area contributed by atoms with Gasteiger partial charge >= 0.3 is 12.0 Å². The van der Waals surface area contributed by atoms with Crippen LogP contribution in [0.5, 0.6) is 0 Å². The lowest BCUT2D eigenvalue weighted by Gasteiger charge is -2.20. The minimum absolute atomic E-state index is 0.482. The second kappa shape index (κ2) is 9.57. The van der Waals surface area contributed by atoms with Gasteiger partial charge in [-0.05, 0) is 40.3 Å². The number of urea groups is 1. The zero-order valence-electron chi connectivity index (χ0n) is 11.8. The standard InChI is InChI=1S/C12H25N3O4/c1-9(2)15(3)7-5-4-6-13-12(19)14-10(8-16)11(17)18/h9-10,16H,4-8H2,1-3H3,(H,17,18)(H2,13,14,19)/t10-/m1/s1. The first kappa shape index (κ1) is 17.7. The molecule has 0 aromatic heterocycles. The molecule has 0 aromatic rings. The number of hydrogen-bond donors (Lipinski definition) is 4. The Balaban J connectivity index is 3.67. The van der Waals surface area contributed by atoms with Crippen LogP contribution in [-0.4, -0.2) is 65.9 Å². The largest absolute Gasteiger partial charge is 0.480 e. The smallest absolute Gasteiger partial charge is 0.328 e. The Morgan fingerprint density at radius 3 is 2.37 bits per heavy atom. The van der Waals surface area contributed by atoms with Gasteiger partial charge in [-0.1, -0.05) is 0 Å². The fraction of sp³-hybridized carbons (Fsp3) is 0.833. The molecule has 0 radical (unpaired) electrons. The van der Waals surface area contributed by atoms with Crippen molar-refractivity contribution in [1.82, 2.24) is 15.5 Å². The molecule has 0 aliphatic rings. The molecular weight excluding hydrogens is 250 g/mol. The molecule has 0 heterocycles. The number of unbranched alkanes of at least 4 members (excludes halogenated alkanes) is 1. The van der Waals surface area contributed by atoms with Gasteiger partial charge in [-0.2, -0.15) is 0 Å². The molecule has 0 aliphatic carbocycles. The molecule has 0 bridgehead atoms. The summed E-state index contributed by atoms with van der Waals surface area (Å²) in [5.41, 5.74) is 0. The third-order valence-corrected chi connectivity index (χ3v) is 2.89. The summed E-state index contributed by atoms with van der Waals surface area (Å²) in [6, 6.07) is -1.33. The highest BCUT2D eigenvalue weighted by Gasteiger charge is 2.17. The zero-order chi connectivity index (χ0) is 14.8. The Hall–Kier alpha value is -1.34. The Bertz CT molecular complexity index is 284. The Kier molecular flexibility index (Phi) is 8.90. The monoisotopic (exact) mass is 275 g/mol. The highest BCUT2D eigenvalue weighted by atomic mass is 16.4. The number of aliphatic hydroxyl groups excluding tert-OH is 1. The van der Waals surface area contributed by atoms with E-state index >= 15 is 0 Å². The van der Waals surface area contributed by atoms with Crippen molar-refractivity contribution in [2.24, 2.45) is 0 Å². The molecule has 0 saturated heterocycles. The molecule has 7 nitrogen and oxygen atoms in total. The summed E-state index contributed by atoms with van der Waals surface area (Å²) in [4.78, 5) is 24.1. The molecule has 0 fully saturated rings. The maximum atomic E-state index is 11.3. The number of rotatable bonds is 9. The van der Waals surface area contributed by atoms with E-state index in [1.54, 1.807) is 0 Å². The first-order valence-electron chi connectivity index (χ1n) is 6.46. The second-order valence-corrected chi connectivity index (χ2v) is 4.76. The van der Waals surface area contributed by atoms with E-state index in [9.17, 15) is 9.59 Å².